The minimum Gasteiger partial charge on any atom is -0.228 e. The van der Waals surface area contributed by atoms with E-state index in [1.54, 1.807) is 16.0 Å². The fourth-order valence-electron chi connectivity index (χ4n) is 1.53. The lowest BCUT2D eigenvalue weighted by molar-refractivity contribution is 0.715. The minimum atomic E-state index is 0.816. The molecule has 0 spiro atoms. The number of tetrazole rings is 1. The van der Waals surface area contributed by atoms with Gasteiger partial charge in [0, 0.05) is 11.7 Å². The predicted octanol–water partition coefficient (Wildman–Crippen LogP) is 2.09. The van der Waals surface area contributed by atoms with Crippen molar-refractivity contribution in [1.82, 2.24) is 20.2 Å². The second kappa shape index (κ2) is 3.13. The zero-order valence-electron chi connectivity index (χ0n) is 8.08. The van der Waals surface area contributed by atoms with Crippen LogP contribution in [0.5, 0.6) is 0 Å². The van der Waals surface area contributed by atoms with E-state index in [2.05, 4.69) is 33.7 Å². The molecule has 0 aliphatic heterocycles. The van der Waals surface area contributed by atoms with Crippen LogP contribution in [-0.2, 0) is 7.05 Å². The number of benzene rings is 1. The summed E-state index contributed by atoms with van der Waals surface area (Å²) in [5.74, 6) is 0.816. The lowest BCUT2D eigenvalue weighted by atomic mass is 10.2. The summed E-state index contributed by atoms with van der Waals surface area (Å²) in [7, 11) is 1.85. The lowest BCUT2D eigenvalue weighted by Crippen LogP contribution is -1.92. The first kappa shape index (κ1) is 8.55. The fourth-order valence-corrected chi connectivity index (χ4v) is 2.61. The van der Waals surface area contributed by atoms with Crippen LogP contribution < -0.4 is 0 Å². The van der Waals surface area contributed by atoms with E-state index in [0.29, 0.717) is 0 Å². The number of aryl methyl sites for hydroxylation is 1. The first-order valence-electron chi connectivity index (χ1n) is 4.56. The number of hydrogen-bond acceptors (Lipinski definition) is 4. The van der Waals surface area contributed by atoms with Crippen LogP contribution in [0.3, 0.4) is 0 Å². The Morgan fingerprint density at radius 2 is 2.13 bits per heavy atom. The third-order valence-corrected chi connectivity index (χ3v) is 3.38. The van der Waals surface area contributed by atoms with Gasteiger partial charge >= 0.3 is 0 Å². The van der Waals surface area contributed by atoms with Crippen molar-refractivity contribution in [3.05, 3.63) is 30.3 Å². The second-order valence-electron chi connectivity index (χ2n) is 3.27. The van der Waals surface area contributed by atoms with E-state index in [1.807, 2.05) is 19.2 Å². The highest BCUT2D eigenvalue weighted by Crippen LogP contribution is 2.31. The zero-order valence-corrected chi connectivity index (χ0v) is 8.90. The molecule has 0 aliphatic carbocycles. The molecular formula is C10H8N4S. The van der Waals surface area contributed by atoms with E-state index in [-0.39, 0.29) is 0 Å². The molecule has 1 aromatic carbocycles. The molecule has 2 heterocycles. The van der Waals surface area contributed by atoms with Crippen molar-refractivity contribution in [3.8, 4) is 10.7 Å². The Labute approximate surface area is 90.2 Å². The van der Waals surface area contributed by atoms with Crippen molar-refractivity contribution in [1.29, 1.82) is 0 Å². The van der Waals surface area contributed by atoms with E-state index in [0.717, 1.165) is 10.7 Å². The molecule has 74 valence electrons. The summed E-state index contributed by atoms with van der Waals surface area (Å²) in [6.45, 7) is 0. The van der Waals surface area contributed by atoms with Crippen LogP contribution in [0.4, 0.5) is 0 Å². The summed E-state index contributed by atoms with van der Waals surface area (Å²) in [5.41, 5.74) is 0. The highest BCUT2D eigenvalue weighted by Gasteiger charge is 2.09. The van der Waals surface area contributed by atoms with Crippen molar-refractivity contribution in [3.63, 3.8) is 0 Å². The third-order valence-electron chi connectivity index (χ3n) is 2.27. The molecule has 0 radical (unpaired) electrons. The lowest BCUT2D eigenvalue weighted by Gasteiger charge is -1.91. The van der Waals surface area contributed by atoms with Crippen molar-refractivity contribution in [2.45, 2.75) is 0 Å². The van der Waals surface area contributed by atoms with Gasteiger partial charge in [0.05, 0.1) is 4.88 Å². The molecule has 0 atom stereocenters. The average molecular weight is 216 g/mol. The number of thiophene rings is 1. The first-order valence-corrected chi connectivity index (χ1v) is 5.37. The Morgan fingerprint density at radius 3 is 2.87 bits per heavy atom. The Bertz CT molecular complexity index is 577. The summed E-state index contributed by atoms with van der Waals surface area (Å²) in [6.07, 6.45) is 0. The average Bonchev–Trinajstić information content (AvgIpc) is 2.82. The zero-order chi connectivity index (χ0) is 10.3. The molecule has 0 fully saturated rings. The fraction of sp³-hybridized carbons (Fsp3) is 0.100. The van der Waals surface area contributed by atoms with Crippen LogP contribution >= 0.6 is 11.3 Å². The number of aromatic nitrogens is 4. The molecular weight excluding hydrogens is 208 g/mol. The molecule has 4 nitrogen and oxygen atoms in total. The van der Waals surface area contributed by atoms with Gasteiger partial charge in [-0.15, -0.1) is 16.4 Å². The van der Waals surface area contributed by atoms with Gasteiger partial charge in [0.25, 0.3) is 0 Å². The third kappa shape index (κ3) is 1.32. The molecule has 2 aromatic heterocycles. The molecule has 5 heteroatoms. The summed E-state index contributed by atoms with van der Waals surface area (Å²) in [5, 5.41) is 12.7. The van der Waals surface area contributed by atoms with E-state index >= 15 is 0 Å². The molecule has 0 aliphatic rings. The molecule has 0 N–H and O–H groups in total. The molecule has 0 saturated heterocycles. The van der Waals surface area contributed by atoms with Gasteiger partial charge in [-0.3, -0.25) is 0 Å². The number of fused-ring (bicyclic) bond motifs is 1. The van der Waals surface area contributed by atoms with E-state index in [9.17, 15) is 0 Å². The van der Waals surface area contributed by atoms with Gasteiger partial charge in [-0.2, -0.15) is 0 Å². The highest BCUT2D eigenvalue weighted by molar-refractivity contribution is 7.22. The van der Waals surface area contributed by atoms with E-state index < -0.39 is 0 Å². The summed E-state index contributed by atoms with van der Waals surface area (Å²) in [4.78, 5) is 1.10. The Balaban J connectivity index is 2.24. The van der Waals surface area contributed by atoms with Crippen molar-refractivity contribution >= 4 is 21.4 Å². The topological polar surface area (TPSA) is 43.6 Å². The maximum absolute atomic E-state index is 3.99. The molecule has 0 unspecified atom stereocenters. The van der Waals surface area contributed by atoms with Crippen molar-refractivity contribution in [2.75, 3.05) is 0 Å². The summed E-state index contributed by atoms with van der Waals surface area (Å²) >= 11 is 1.71. The van der Waals surface area contributed by atoms with Crippen LogP contribution in [0, 0.1) is 0 Å². The van der Waals surface area contributed by atoms with Crippen LogP contribution in [0.1, 0.15) is 0 Å². The molecule has 3 rings (SSSR count). The van der Waals surface area contributed by atoms with Gasteiger partial charge in [0.2, 0.25) is 0 Å². The SMILES string of the molecule is Cn1nnnc1-c1cc2ccccc2s1. The van der Waals surface area contributed by atoms with Gasteiger partial charge in [0.1, 0.15) is 0 Å². The van der Waals surface area contributed by atoms with Crippen LogP contribution in [0.25, 0.3) is 20.8 Å². The van der Waals surface area contributed by atoms with Crippen LogP contribution in [-0.4, -0.2) is 20.2 Å². The first-order chi connectivity index (χ1) is 7.34. The standard InChI is InChI=1S/C10H8N4S/c1-14-10(11-12-13-14)9-6-7-4-2-3-5-8(7)15-9/h2-6H,1H3. The van der Waals surface area contributed by atoms with Gasteiger partial charge in [-0.05, 0) is 27.9 Å². The van der Waals surface area contributed by atoms with Gasteiger partial charge < -0.3 is 0 Å². The highest BCUT2D eigenvalue weighted by atomic mass is 32.1. The number of hydrogen-bond donors (Lipinski definition) is 0. The summed E-state index contributed by atoms with van der Waals surface area (Å²) in [6, 6.07) is 10.4. The van der Waals surface area contributed by atoms with Crippen LogP contribution in [0.2, 0.25) is 0 Å². The van der Waals surface area contributed by atoms with Crippen LogP contribution in [0.15, 0.2) is 30.3 Å². The second-order valence-corrected chi connectivity index (χ2v) is 4.36. The molecule has 0 amide bonds. The minimum absolute atomic E-state index is 0.816. The Morgan fingerprint density at radius 1 is 1.27 bits per heavy atom. The monoisotopic (exact) mass is 216 g/mol. The molecule has 0 bridgehead atoms. The largest absolute Gasteiger partial charge is 0.228 e. The molecule has 15 heavy (non-hydrogen) atoms. The predicted molar refractivity (Wildman–Crippen MR) is 59.6 cm³/mol. The van der Waals surface area contributed by atoms with E-state index in [4.69, 9.17) is 0 Å². The quantitative estimate of drug-likeness (QED) is 0.625. The smallest absolute Gasteiger partial charge is 0.191 e. The van der Waals surface area contributed by atoms with Gasteiger partial charge in [-0.25, -0.2) is 4.68 Å². The number of rotatable bonds is 1. The Kier molecular flexibility index (Phi) is 1.78. The van der Waals surface area contributed by atoms with E-state index in [1.165, 1.54) is 10.1 Å². The normalized spacial score (nSPS) is 11.0. The summed E-state index contributed by atoms with van der Waals surface area (Å²) < 4.78 is 2.94. The maximum atomic E-state index is 3.99. The van der Waals surface area contributed by atoms with Gasteiger partial charge in [0.15, 0.2) is 5.82 Å². The van der Waals surface area contributed by atoms with Gasteiger partial charge in [-0.1, -0.05) is 18.2 Å². The van der Waals surface area contributed by atoms with Crippen molar-refractivity contribution in [2.24, 2.45) is 7.05 Å². The molecule has 0 saturated carbocycles. The van der Waals surface area contributed by atoms with Crippen molar-refractivity contribution < 1.29 is 0 Å². The molecule has 3 aromatic rings. The number of nitrogens with zero attached hydrogens (tertiary/aromatic N) is 4. The Hall–Kier alpha value is -1.75. The maximum Gasteiger partial charge on any atom is 0.191 e.